The number of nitrogens with zero attached hydrogens (tertiary/aromatic N) is 3. The molecule has 1 aliphatic rings. The van der Waals surface area contributed by atoms with Gasteiger partial charge in [-0.15, -0.1) is 21.5 Å². The first-order chi connectivity index (χ1) is 16.7. The predicted octanol–water partition coefficient (Wildman–Crippen LogP) is 5.71. The van der Waals surface area contributed by atoms with E-state index in [2.05, 4.69) is 20.1 Å². The molecule has 1 N–H and O–H groups in total. The van der Waals surface area contributed by atoms with Crippen LogP contribution in [0.4, 0.5) is 5.69 Å². The molecular weight excluding hydrogens is 468 g/mol. The second-order valence-corrected chi connectivity index (χ2v) is 9.70. The highest BCUT2D eigenvalue weighted by molar-refractivity contribution is 7.99. The highest BCUT2D eigenvalue weighted by Crippen LogP contribution is 2.29. The fourth-order valence-electron chi connectivity index (χ4n) is 3.70. The van der Waals surface area contributed by atoms with Crippen molar-refractivity contribution in [2.45, 2.75) is 30.6 Å². The molecule has 2 aromatic heterocycles. The molecule has 0 aliphatic carbocycles. The molecule has 0 radical (unpaired) electrons. The quantitative estimate of drug-likeness (QED) is 0.302. The highest BCUT2D eigenvalue weighted by Gasteiger charge is 2.22. The first-order valence-corrected chi connectivity index (χ1v) is 13.0. The third kappa shape index (κ3) is 5.67. The van der Waals surface area contributed by atoms with Crippen LogP contribution in [0.5, 0.6) is 11.5 Å². The first kappa shape index (κ1) is 22.6. The Morgan fingerprint density at radius 1 is 1.09 bits per heavy atom. The molecule has 5 rings (SSSR count). The van der Waals surface area contributed by atoms with E-state index in [9.17, 15) is 4.79 Å². The number of rotatable bonds is 9. The number of hydrogen-bond donors (Lipinski definition) is 1. The lowest BCUT2D eigenvalue weighted by atomic mass is 10.2. The molecule has 9 heteroatoms. The Kier molecular flexibility index (Phi) is 7.23. The van der Waals surface area contributed by atoms with Crippen LogP contribution in [-0.4, -0.2) is 39.1 Å². The van der Waals surface area contributed by atoms with E-state index in [0.717, 1.165) is 41.1 Å². The molecular formula is C25H24N4O3S2. The van der Waals surface area contributed by atoms with E-state index in [-0.39, 0.29) is 17.8 Å². The zero-order chi connectivity index (χ0) is 23.2. The van der Waals surface area contributed by atoms with E-state index in [1.165, 1.54) is 11.8 Å². The molecule has 2 aromatic carbocycles. The Morgan fingerprint density at radius 3 is 2.65 bits per heavy atom. The van der Waals surface area contributed by atoms with Crippen LogP contribution in [0.25, 0.3) is 10.7 Å². The van der Waals surface area contributed by atoms with E-state index in [4.69, 9.17) is 9.47 Å². The first-order valence-electron chi connectivity index (χ1n) is 11.1. The number of carbonyl (C=O) groups is 1. The SMILES string of the molecule is O=C(CSc1nnc(-c2cccs2)n1CC1CCCO1)Nc1ccc(Oc2ccccc2)cc1. The number of ether oxygens (including phenoxy) is 2. The number of aromatic nitrogens is 3. The van der Waals surface area contributed by atoms with Gasteiger partial charge < -0.3 is 14.8 Å². The predicted molar refractivity (Wildman–Crippen MR) is 135 cm³/mol. The van der Waals surface area contributed by atoms with Crippen molar-refractivity contribution >= 4 is 34.7 Å². The fraction of sp³-hybridized carbons (Fsp3) is 0.240. The molecule has 1 atom stereocenters. The summed E-state index contributed by atoms with van der Waals surface area (Å²) in [6.45, 7) is 1.48. The van der Waals surface area contributed by atoms with Gasteiger partial charge in [0.1, 0.15) is 11.5 Å². The number of para-hydroxylation sites is 1. The van der Waals surface area contributed by atoms with Crippen LogP contribution >= 0.6 is 23.1 Å². The Hall–Kier alpha value is -3.14. The minimum absolute atomic E-state index is 0.105. The van der Waals surface area contributed by atoms with Crippen LogP contribution in [-0.2, 0) is 16.1 Å². The molecule has 1 aliphatic heterocycles. The standard InChI is InChI=1S/C25H24N4O3S2/c30-23(26-18-10-12-20(13-11-18)32-19-6-2-1-3-7-19)17-34-25-28-27-24(22-9-5-15-33-22)29(25)16-21-8-4-14-31-21/h1-3,5-7,9-13,15,21H,4,8,14,16-17H2,(H,26,30). The van der Waals surface area contributed by atoms with Crippen LogP contribution in [0.15, 0.2) is 77.3 Å². The van der Waals surface area contributed by atoms with Crippen molar-refractivity contribution in [3.05, 3.63) is 72.1 Å². The average molecular weight is 493 g/mol. The summed E-state index contributed by atoms with van der Waals surface area (Å²) in [4.78, 5) is 13.7. The maximum Gasteiger partial charge on any atom is 0.234 e. The van der Waals surface area contributed by atoms with Crippen molar-refractivity contribution in [3.8, 4) is 22.2 Å². The number of thioether (sulfide) groups is 1. The van der Waals surface area contributed by atoms with Gasteiger partial charge in [0, 0.05) is 12.3 Å². The van der Waals surface area contributed by atoms with Gasteiger partial charge >= 0.3 is 0 Å². The summed E-state index contributed by atoms with van der Waals surface area (Å²) in [7, 11) is 0. The molecule has 1 unspecified atom stereocenters. The monoisotopic (exact) mass is 492 g/mol. The van der Waals surface area contributed by atoms with Gasteiger partial charge in [0.15, 0.2) is 11.0 Å². The van der Waals surface area contributed by atoms with Crippen LogP contribution < -0.4 is 10.1 Å². The van der Waals surface area contributed by atoms with Crippen molar-refractivity contribution in [1.29, 1.82) is 0 Å². The van der Waals surface area contributed by atoms with Crippen LogP contribution in [0.2, 0.25) is 0 Å². The summed E-state index contributed by atoms with van der Waals surface area (Å²) >= 11 is 3.01. The molecule has 34 heavy (non-hydrogen) atoms. The third-order valence-corrected chi connectivity index (χ3v) is 7.15. The van der Waals surface area contributed by atoms with Gasteiger partial charge in [-0.25, -0.2) is 0 Å². The molecule has 1 fully saturated rings. The summed E-state index contributed by atoms with van der Waals surface area (Å²) in [5.41, 5.74) is 0.714. The Morgan fingerprint density at radius 2 is 1.91 bits per heavy atom. The largest absolute Gasteiger partial charge is 0.457 e. The van der Waals surface area contributed by atoms with E-state index >= 15 is 0 Å². The fourth-order valence-corrected chi connectivity index (χ4v) is 5.16. The average Bonchev–Trinajstić information content (AvgIpc) is 3.63. The zero-order valence-corrected chi connectivity index (χ0v) is 20.1. The Labute approximate surface area is 206 Å². The van der Waals surface area contributed by atoms with Gasteiger partial charge in [-0.3, -0.25) is 9.36 Å². The zero-order valence-electron chi connectivity index (χ0n) is 18.4. The minimum atomic E-state index is -0.105. The number of benzene rings is 2. The van der Waals surface area contributed by atoms with Gasteiger partial charge in [0.25, 0.3) is 0 Å². The molecule has 7 nitrogen and oxygen atoms in total. The summed E-state index contributed by atoms with van der Waals surface area (Å²) in [5.74, 6) is 2.43. The van der Waals surface area contributed by atoms with Crippen molar-refractivity contribution in [1.82, 2.24) is 14.8 Å². The van der Waals surface area contributed by atoms with Crippen LogP contribution in [0, 0.1) is 0 Å². The molecule has 0 spiro atoms. The van der Waals surface area contributed by atoms with Gasteiger partial charge in [0.2, 0.25) is 5.91 Å². The Bertz CT molecular complexity index is 1200. The van der Waals surface area contributed by atoms with Gasteiger partial charge in [0.05, 0.1) is 23.3 Å². The lowest BCUT2D eigenvalue weighted by Gasteiger charge is -2.14. The molecule has 0 bridgehead atoms. The number of amides is 1. The molecule has 1 amide bonds. The second-order valence-electron chi connectivity index (χ2n) is 7.81. The lowest BCUT2D eigenvalue weighted by Crippen LogP contribution is -2.18. The van der Waals surface area contributed by atoms with Crippen molar-refractivity contribution in [2.75, 3.05) is 17.7 Å². The molecule has 4 aromatic rings. The van der Waals surface area contributed by atoms with Crippen LogP contribution in [0.1, 0.15) is 12.8 Å². The normalized spacial score (nSPS) is 15.4. The van der Waals surface area contributed by atoms with Crippen molar-refractivity contribution in [3.63, 3.8) is 0 Å². The second kappa shape index (κ2) is 10.9. The van der Waals surface area contributed by atoms with Gasteiger partial charge in [-0.2, -0.15) is 0 Å². The molecule has 0 saturated carbocycles. The van der Waals surface area contributed by atoms with Gasteiger partial charge in [-0.1, -0.05) is 36.0 Å². The number of thiophene rings is 1. The highest BCUT2D eigenvalue weighted by atomic mass is 32.2. The summed E-state index contributed by atoms with van der Waals surface area (Å²) in [6.07, 6.45) is 2.25. The maximum absolute atomic E-state index is 12.6. The molecule has 174 valence electrons. The summed E-state index contributed by atoms with van der Waals surface area (Å²) < 4.78 is 13.7. The van der Waals surface area contributed by atoms with Crippen LogP contribution in [0.3, 0.4) is 0 Å². The lowest BCUT2D eigenvalue weighted by molar-refractivity contribution is -0.113. The van der Waals surface area contributed by atoms with Crippen molar-refractivity contribution in [2.24, 2.45) is 0 Å². The van der Waals surface area contributed by atoms with E-state index in [0.29, 0.717) is 18.0 Å². The van der Waals surface area contributed by atoms with E-state index in [1.54, 1.807) is 11.3 Å². The summed E-state index contributed by atoms with van der Waals surface area (Å²) in [6, 6.07) is 20.9. The maximum atomic E-state index is 12.6. The number of anilines is 1. The third-order valence-electron chi connectivity index (χ3n) is 5.32. The van der Waals surface area contributed by atoms with Crippen molar-refractivity contribution < 1.29 is 14.3 Å². The Balaban J connectivity index is 1.20. The number of nitrogens with one attached hydrogen (secondary N) is 1. The molecule has 1 saturated heterocycles. The number of hydrogen-bond acceptors (Lipinski definition) is 7. The summed E-state index contributed by atoms with van der Waals surface area (Å²) in [5, 5.41) is 14.5. The minimum Gasteiger partial charge on any atom is -0.457 e. The topological polar surface area (TPSA) is 78.3 Å². The number of carbonyl (C=O) groups excluding carboxylic acids is 1. The smallest absolute Gasteiger partial charge is 0.234 e. The van der Waals surface area contributed by atoms with E-state index < -0.39 is 0 Å². The van der Waals surface area contributed by atoms with E-state index in [1.807, 2.05) is 72.1 Å². The molecule has 3 heterocycles. The van der Waals surface area contributed by atoms with Gasteiger partial charge in [-0.05, 0) is 60.7 Å².